The Kier molecular flexibility index (Phi) is 8.27. The van der Waals surface area contributed by atoms with Crippen molar-refractivity contribution in [1.82, 2.24) is 10.9 Å². The Bertz CT molecular complexity index is 537. The zero-order valence-corrected chi connectivity index (χ0v) is 15.7. The molecule has 9 heteroatoms. The van der Waals surface area contributed by atoms with E-state index in [9.17, 15) is 14.0 Å². The quantitative estimate of drug-likeness (QED) is 0.194. The van der Waals surface area contributed by atoms with E-state index in [0.717, 1.165) is 38.5 Å². The molecule has 0 spiro atoms. The fraction of sp³-hybridized carbons (Fsp3) is 0.833. The maximum absolute atomic E-state index is 13.7. The van der Waals surface area contributed by atoms with Crippen LogP contribution in [0, 0.1) is 17.8 Å². The molecule has 0 aromatic rings. The number of hydrogen-bond donors (Lipinski definition) is 5. The van der Waals surface area contributed by atoms with Gasteiger partial charge in [-0.15, -0.1) is 5.10 Å². The van der Waals surface area contributed by atoms with Gasteiger partial charge in [0.05, 0.1) is 6.42 Å². The number of amidine groups is 1. The summed E-state index contributed by atoms with van der Waals surface area (Å²) in [5.41, 5.74) is 7.41. The lowest BCUT2D eigenvalue weighted by Crippen LogP contribution is -2.45. The molecule has 0 saturated heterocycles. The molecule has 0 radical (unpaired) electrons. The Morgan fingerprint density at radius 1 is 1.15 bits per heavy atom. The molecular formula is C18H32FN5O3. The summed E-state index contributed by atoms with van der Waals surface area (Å²) < 4.78 is 13.7. The van der Waals surface area contributed by atoms with Gasteiger partial charge in [-0.05, 0) is 56.3 Å². The SMILES string of the molecule is NN/N=C(\N)C(=O)N[C@@H](CC(=O)O)CC1CCC([C@@H]2CCC[C@H](F)C2)CC1. The monoisotopic (exact) mass is 385 g/mol. The zero-order valence-electron chi connectivity index (χ0n) is 15.7. The van der Waals surface area contributed by atoms with E-state index >= 15 is 0 Å². The van der Waals surface area contributed by atoms with Gasteiger partial charge in [-0.25, -0.2) is 15.8 Å². The lowest BCUT2D eigenvalue weighted by Gasteiger charge is -2.37. The summed E-state index contributed by atoms with van der Waals surface area (Å²) in [7, 11) is 0. The van der Waals surface area contributed by atoms with Gasteiger partial charge in [0.25, 0.3) is 5.91 Å². The van der Waals surface area contributed by atoms with Gasteiger partial charge in [0, 0.05) is 6.04 Å². The third kappa shape index (κ3) is 6.97. The second-order valence-electron chi connectivity index (χ2n) is 7.93. The van der Waals surface area contributed by atoms with E-state index in [0.29, 0.717) is 37.0 Å². The first-order valence-corrected chi connectivity index (χ1v) is 9.84. The average Bonchev–Trinajstić information content (AvgIpc) is 2.62. The average molecular weight is 385 g/mol. The Balaban J connectivity index is 1.84. The number of hydrogen-bond acceptors (Lipinski definition) is 5. The number of halogens is 1. The predicted octanol–water partition coefficient (Wildman–Crippen LogP) is 1.41. The molecule has 2 fully saturated rings. The predicted molar refractivity (Wildman–Crippen MR) is 100 cm³/mol. The number of alkyl halides is 1. The highest BCUT2D eigenvalue weighted by atomic mass is 19.1. The van der Waals surface area contributed by atoms with Gasteiger partial charge in [0.2, 0.25) is 5.84 Å². The van der Waals surface area contributed by atoms with Crippen molar-refractivity contribution < 1.29 is 19.1 Å². The molecule has 0 heterocycles. The third-order valence-corrected chi connectivity index (χ3v) is 6.00. The Labute approximate surface area is 159 Å². The van der Waals surface area contributed by atoms with Crippen molar-refractivity contribution in [2.45, 2.75) is 76.4 Å². The molecule has 2 aliphatic carbocycles. The van der Waals surface area contributed by atoms with Gasteiger partial charge in [0.15, 0.2) is 0 Å². The van der Waals surface area contributed by atoms with Crippen molar-refractivity contribution in [3.8, 4) is 0 Å². The molecule has 0 aliphatic heterocycles. The standard InChI is InChI=1S/C18H32FN5O3/c19-14-3-1-2-13(9-14)12-6-4-11(5-7-12)8-15(10-16(25)26)22-18(27)17(20)23-24-21/h11-15,24H,1-10,21H2,(H2,20,23)(H,22,27)(H,25,26)/t11?,12?,13-,14+,15-/m1/s1. The van der Waals surface area contributed by atoms with Crippen molar-refractivity contribution in [2.75, 3.05) is 0 Å². The van der Waals surface area contributed by atoms with Gasteiger partial charge >= 0.3 is 5.97 Å². The van der Waals surface area contributed by atoms with Gasteiger partial charge in [-0.3, -0.25) is 9.59 Å². The van der Waals surface area contributed by atoms with E-state index < -0.39 is 24.1 Å². The maximum atomic E-state index is 13.7. The fourth-order valence-electron chi connectivity index (χ4n) is 4.68. The molecule has 27 heavy (non-hydrogen) atoms. The molecule has 154 valence electrons. The smallest absolute Gasteiger partial charge is 0.305 e. The van der Waals surface area contributed by atoms with Crippen LogP contribution in [0.15, 0.2) is 5.10 Å². The number of aliphatic carboxylic acids is 1. The molecule has 0 aromatic heterocycles. The molecule has 1 amide bonds. The normalized spacial score (nSPS) is 30.4. The summed E-state index contributed by atoms with van der Waals surface area (Å²) >= 11 is 0. The molecule has 0 bridgehead atoms. The number of hydrazine groups is 1. The van der Waals surface area contributed by atoms with Gasteiger partial charge in [-0.1, -0.05) is 19.3 Å². The van der Waals surface area contributed by atoms with Crippen molar-refractivity contribution in [3.05, 3.63) is 0 Å². The summed E-state index contributed by atoms with van der Waals surface area (Å²) in [6.07, 6.45) is 7.36. The van der Waals surface area contributed by atoms with Crippen molar-refractivity contribution in [2.24, 2.45) is 34.4 Å². The molecule has 0 aromatic carbocycles. The minimum absolute atomic E-state index is 0.166. The highest BCUT2D eigenvalue weighted by Crippen LogP contribution is 2.41. The first-order chi connectivity index (χ1) is 12.9. The van der Waals surface area contributed by atoms with Gasteiger partial charge < -0.3 is 16.2 Å². The first kappa shape index (κ1) is 21.4. The molecular weight excluding hydrogens is 353 g/mol. The van der Waals surface area contributed by atoms with Crippen LogP contribution >= 0.6 is 0 Å². The van der Waals surface area contributed by atoms with Gasteiger partial charge in [-0.2, -0.15) is 0 Å². The second-order valence-corrected chi connectivity index (χ2v) is 7.93. The van der Waals surface area contributed by atoms with E-state index in [-0.39, 0.29) is 12.3 Å². The number of rotatable bonds is 7. The van der Waals surface area contributed by atoms with Crippen LogP contribution in [0.3, 0.4) is 0 Å². The lowest BCUT2D eigenvalue weighted by molar-refractivity contribution is -0.137. The summed E-state index contributed by atoms with van der Waals surface area (Å²) in [6.45, 7) is 0. The van der Waals surface area contributed by atoms with Crippen molar-refractivity contribution in [3.63, 3.8) is 0 Å². The highest BCUT2D eigenvalue weighted by Gasteiger charge is 2.32. The molecule has 2 rings (SSSR count). The van der Waals surface area contributed by atoms with Crippen LogP contribution < -0.4 is 22.4 Å². The molecule has 2 saturated carbocycles. The Morgan fingerprint density at radius 3 is 2.44 bits per heavy atom. The van der Waals surface area contributed by atoms with Gasteiger partial charge in [0.1, 0.15) is 6.17 Å². The van der Waals surface area contributed by atoms with E-state index in [1.165, 1.54) is 0 Å². The minimum Gasteiger partial charge on any atom is -0.481 e. The summed E-state index contributed by atoms with van der Waals surface area (Å²) in [5.74, 6) is 4.46. The van der Waals surface area contributed by atoms with Crippen molar-refractivity contribution in [1.29, 1.82) is 0 Å². The number of carbonyl (C=O) groups excluding carboxylic acids is 1. The van der Waals surface area contributed by atoms with E-state index in [2.05, 4.69) is 10.4 Å². The molecule has 8 nitrogen and oxygen atoms in total. The number of carbonyl (C=O) groups is 2. The number of carboxylic acid groups (broad SMARTS) is 1. The van der Waals surface area contributed by atoms with Crippen LogP contribution in [0.4, 0.5) is 4.39 Å². The molecule has 0 unspecified atom stereocenters. The van der Waals surface area contributed by atoms with Crippen LogP contribution in [-0.4, -0.2) is 35.0 Å². The maximum Gasteiger partial charge on any atom is 0.305 e. The summed E-state index contributed by atoms with van der Waals surface area (Å²) in [6, 6.07) is -0.507. The Morgan fingerprint density at radius 2 is 1.85 bits per heavy atom. The largest absolute Gasteiger partial charge is 0.481 e. The third-order valence-electron chi connectivity index (χ3n) is 6.00. The van der Waals surface area contributed by atoms with Crippen LogP contribution in [-0.2, 0) is 9.59 Å². The minimum atomic E-state index is -0.974. The molecule has 2 aliphatic rings. The van der Waals surface area contributed by atoms with Crippen LogP contribution in [0.2, 0.25) is 0 Å². The highest BCUT2D eigenvalue weighted by molar-refractivity contribution is 6.37. The van der Waals surface area contributed by atoms with Crippen LogP contribution in [0.5, 0.6) is 0 Å². The Hall–Kier alpha value is -1.90. The topological polar surface area (TPSA) is 143 Å². The number of nitrogens with two attached hydrogens (primary N) is 2. The summed E-state index contributed by atoms with van der Waals surface area (Å²) in [5, 5.41) is 15.2. The number of nitrogens with zero attached hydrogens (tertiary/aromatic N) is 1. The molecule has 3 atom stereocenters. The second kappa shape index (κ2) is 10.4. The number of carboxylic acids is 1. The first-order valence-electron chi connectivity index (χ1n) is 9.84. The zero-order chi connectivity index (χ0) is 19.8. The number of hydrazone groups is 1. The van der Waals surface area contributed by atoms with E-state index in [1.54, 1.807) is 0 Å². The van der Waals surface area contributed by atoms with E-state index in [4.69, 9.17) is 16.7 Å². The number of amides is 1. The van der Waals surface area contributed by atoms with Crippen LogP contribution in [0.1, 0.15) is 64.2 Å². The van der Waals surface area contributed by atoms with E-state index in [1.807, 2.05) is 5.53 Å². The fourth-order valence-corrected chi connectivity index (χ4v) is 4.68. The molecule has 7 N–H and O–H groups in total. The number of nitrogens with one attached hydrogen (secondary N) is 2. The van der Waals surface area contributed by atoms with Crippen LogP contribution in [0.25, 0.3) is 0 Å². The lowest BCUT2D eigenvalue weighted by atomic mass is 9.70. The summed E-state index contributed by atoms with van der Waals surface area (Å²) in [4.78, 5) is 23.1. The van der Waals surface area contributed by atoms with Crippen molar-refractivity contribution >= 4 is 17.7 Å².